The van der Waals surface area contributed by atoms with Gasteiger partial charge in [0.1, 0.15) is 17.1 Å². The average molecular weight is 413 g/mol. The number of carbonyl (C=O) groups excluding carboxylic acids is 1. The third-order valence-corrected chi connectivity index (χ3v) is 3.96. The van der Waals surface area contributed by atoms with Crippen molar-refractivity contribution < 1.29 is 23.8 Å². The Balaban J connectivity index is 2.17. The summed E-state index contributed by atoms with van der Waals surface area (Å²) in [5.41, 5.74) is 0.203. The number of ether oxygens (including phenoxy) is 2. The van der Waals surface area contributed by atoms with Crippen molar-refractivity contribution in [3.8, 4) is 11.6 Å². The summed E-state index contributed by atoms with van der Waals surface area (Å²) < 4.78 is 24.2. The van der Waals surface area contributed by atoms with Crippen LogP contribution < -0.4 is 10.1 Å². The number of aromatic nitrogens is 1. The first kappa shape index (κ1) is 19.3. The molecule has 2 rings (SSSR count). The second kappa shape index (κ2) is 9.45. The first-order valence-corrected chi connectivity index (χ1v) is 8.33. The van der Waals surface area contributed by atoms with Crippen LogP contribution in [0.5, 0.6) is 11.6 Å². The maximum atomic E-state index is 13.2. The molecule has 0 aliphatic rings. The number of rotatable bonds is 8. The molecule has 8 heteroatoms. The van der Waals surface area contributed by atoms with Crippen LogP contribution in [0.15, 0.2) is 41.0 Å². The van der Waals surface area contributed by atoms with E-state index < -0.39 is 17.8 Å². The number of carbonyl (C=O) groups is 1. The highest BCUT2D eigenvalue weighted by Gasteiger charge is 2.18. The summed E-state index contributed by atoms with van der Waals surface area (Å²) in [6.45, 7) is 0.194. The molecule has 1 heterocycles. The smallest absolute Gasteiger partial charge is 0.257 e. The van der Waals surface area contributed by atoms with Crippen molar-refractivity contribution in [2.45, 2.75) is 12.5 Å². The predicted octanol–water partition coefficient (Wildman–Crippen LogP) is 2.90. The van der Waals surface area contributed by atoms with E-state index in [1.807, 2.05) is 0 Å². The van der Waals surface area contributed by atoms with Gasteiger partial charge in [-0.25, -0.2) is 9.37 Å². The SMILES string of the molecule is COCC[C@H](CO)NC(=O)c1cccnc1Oc1ccc(F)cc1Br. The second-order valence-electron chi connectivity index (χ2n) is 5.17. The van der Waals surface area contributed by atoms with Gasteiger partial charge in [0, 0.05) is 19.9 Å². The lowest BCUT2D eigenvalue weighted by molar-refractivity contribution is 0.0892. The minimum atomic E-state index is -0.446. The van der Waals surface area contributed by atoms with Gasteiger partial charge < -0.3 is 19.9 Å². The molecule has 0 radical (unpaired) electrons. The van der Waals surface area contributed by atoms with Crippen molar-refractivity contribution in [2.24, 2.45) is 0 Å². The van der Waals surface area contributed by atoms with E-state index in [1.54, 1.807) is 19.2 Å². The number of methoxy groups -OCH3 is 1. The molecule has 0 bridgehead atoms. The topological polar surface area (TPSA) is 80.7 Å². The normalized spacial score (nSPS) is 11.8. The molecule has 134 valence electrons. The Hall–Kier alpha value is -2.03. The summed E-state index contributed by atoms with van der Waals surface area (Å²) in [5, 5.41) is 12.1. The summed E-state index contributed by atoms with van der Waals surface area (Å²) in [5.74, 6) is -0.443. The number of benzene rings is 1. The minimum Gasteiger partial charge on any atom is -0.437 e. The molecule has 1 atom stereocenters. The Morgan fingerprint density at radius 3 is 2.92 bits per heavy atom. The van der Waals surface area contributed by atoms with Crippen LogP contribution in [0.4, 0.5) is 4.39 Å². The Morgan fingerprint density at radius 1 is 1.44 bits per heavy atom. The van der Waals surface area contributed by atoms with E-state index in [-0.39, 0.29) is 18.1 Å². The molecule has 0 spiro atoms. The van der Waals surface area contributed by atoms with E-state index >= 15 is 0 Å². The maximum Gasteiger partial charge on any atom is 0.257 e. The van der Waals surface area contributed by atoms with Crippen LogP contribution in [0, 0.1) is 5.82 Å². The Bertz CT molecular complexity index is 730. The molecule has 0 aliphatic carbocycles. The zero-order valence-electron chi connectivity index (χ0n) is 13.5. The van der Waals surface area contributed by atoms with Gasteiger partial charge in [0.2, 0.25) is 5.88 Å². The lowest BCUT2D eigenvalue weighted by atomic mass is 10.2. The van der Waals surface area contributed by atoms with Crippen molar-refractivity contribution in [2.75, 3.05) is 20.3 Å². The number of pyridine rings is 1. The highest BCUT2D eigenvalue weighted by molar-refractivity contribution is 9.10. The lowest BCUT2D eigenvalue weighted by Crippen LogP contribution is -2.38. The molecular formula is C17H18BrFN2O4. The van der Waals surface area contributed by atoms with Gasteiger partial charge in [-0.15, -0.1) is 0 Å². The molecule has 6 nitrogen and oxygen atoms in total. The van der Waals surface area contributed by atoms with E-state index in [0.29, 0.717) is 23.2 Å². The molecule has 0 saturated carbocycles. The van der Waals surface area contributed by atoms with E-state index in [0.717, 1.165) is 0 Å². The highest BCUT2D eigenvalue weighted by atomic mass is 79.9. The molecule has 2 N–H and O–H groups in total. The molecule has 0 unspecified atom stereocenters. The van der Waals surface area contributed by atoms with Gasteiger partial charge in [-0.05, 0) is 52.7 Å². The zero-order chi connectivity index (χ0) is 18.2. The number of aliphatic hydroxyl groups excluding tert-OH is 1. The Labute approximate surface area is 153 Å². The first-order chi connectivity index (χ1) is 12.0. The Kier molecular flexibility index (Phi) is 7.30. The van der Waals surface area contributed by atoms with Crippen LogP contribution in [-0.4, -0.2) is 42.4 Å². The van der Waals surface area contributed by atoms with Crippen LogP contribution in [-0.2, 0) is 4.74 Å². The zero-order valence-corrected chi connectivity index (χ0v) is 15.1. The van der Waals surface area contributed by atoms with Crippen LogP contribution in [0.25, 0.3) is 0 Å². The minimum absolute atomic E-state index is 0.0794. The highest BCUT2D eigenvalue weighted by Crippen LogP contribution is 2.30. The summed E-state index contributed by atoms with van der Waals surface area (Å²) in [7, 11) is 1.55. The fraction of sp³-hybridized carbons (Fsp3) is 0.294. The Morgan fingerprint density at radius 2 is 2.24 bits per heavy atom. The van der Waals surface area contributed by atoms with E-state index in [1.165, 1.54) is 24.4 Å². The molecule has 1 amide bonds. The molecule has 1 aromatic heterocycles. The molecule has 0 fully saturated rings. The lowest BCUT2D eigenvalue weighted by Gasteiger charge is -2.17. The van der Waals surface area contributed by atoms with Crippen molar-refractivity contribution in [3.05, 3.63) is 52.4 Å². The van der Waals surface area contributed by atoms with Crippen LogP contribution in [0.1, 0.15) is 16.8 Å². The van der Waals surface area contributed by atoms with Gasteiger partial charge in [-0.3, -0.25) is 4.79 Å². The molecule has 0 aliphatic heterocycles. The first-order valence-electron chi connectivity index (χ1n) is 7.53. The predicted molar refractivity (Wildman–Crippen MR) is 93.2 cm³/mol. The van der Waals surface area contributed by atoms with Gasteiger partial charge in [0.05, 0.1) is 17.1 Å². The van der Waals surface area contributed by atoms with Crippen molar-refractivity contribution in [1.82, 2.24) is 10.3 Å². The number of halogens is 2. The van der Waals surface area contributed by atoms with Gasteiger partial charge in [0.15, 0.2) is 0 Å². The number of nitrogens with one attached hydrogen (secondary N) is 1. The number of hydrogen-bond donors (Lipinski definition) is 2. The third-order valence-electron chi connectivity index (χ3n) is 3.34. The number of nitrogens with zero attached hydrogens (tertiary/aromatic N) is 1. The van der Waals surface area contributed by atoms with Crippen LogP contribution >= 0.6 is 15.9 Å². The van der Waals surface area contributed by atoms with E-state index in [9.17, 15) is 14.3 Å². The quantitative estimate of drug-likeness (QED) is 0.696. The molecule has 0 saturated heterocycles. The fourth-order valence-electron chi connectivity index (χ4n) is 2.04. The largest absolute Gasteiger partial charge is 0.437 e. The summed E-state index contributed by atoms with van der Waals surface area (Å²) in [6, 6.07) is 6.65. The van der Waals surface area contributed by atoms with E-state index in [4.69, 9.17) is 9.47 Å². The summed E-state index contributed by atoms with van der Waals surface area (Å²) in [4.78, 5) is 16.5. The van der Waals surface area contributed by atoms with Crippen LogP contribution in [0.3, 0.4) is 0 Å². The van der Waals surface area contributed by atoms with Crippen molar-refractivity contribution in [1.29, 1.82) is 0 Å². The van der Waals surface area contributed by atoms with Crippen LogP contribution in [0.2, 0.25) is 0 Å². The summed E-state index contributed by atoms with van der Waals surface area (Å²) >= 11 is 3.21. The third kappa shape index (κ3) is 5.48. The molecule has 2 aromatic rings. The second-order valence-corrected chi connectivity index (χ2v) is 6.02. The van der Waals surface area contributed by atoms with Crippen molar-refractivity contribution >= 4 is 21.8 Å². The molecule has 25 heavy (non-hydrogen) atoms. The van der Waals surface area contributed by atoms with Crippen molar-refractivity contribution in [3.63, 3.8) is 0 Å². The monoisotopic (exact) mass is 412 g/mol. The average Bonchev–Trinajstić information content (AvgIpc) is 2.61. The molecule has 1 aromatic carbocycles. The fourth-order valence-corrected chi connectivity index (χ4v) is 2.47. The summed E-state index contributed by atoms with van der Waals surface area (Å²) in [6.07, 6.45) is 1.96. The number of amides is 1. The number of aliphatic hydroxyl groups is 1. The van der Waals surface area contributed by atoms with Gasteiger partial charge in [-0.1, -0.05) is 0 Å². The standard InChI is InChI=1S/C17H18BrFN2O4/c1-24-8-6-12(10-22)21-16(23)13-3-2-7-20-17(13)25-15-5-4-11(19)9-14(15)18/h2-5,7,9,12,22H,6,8,10H2,1H3,(H,21,23)/t12-/m1/s1. The molecular weight excluding hydrogens is 395 g/mol. The maximum absolute atomic E-state index is 13.2. The van der Waals surface area contributed by atoms with E-state index in [2.05, 4.69) is 26.2 Å². The van der Waals surface area contributed by atoms with Gasteiger partial charge in [0.25, 0.3) is 5.91 Å². The van der Waals surface area contributed by atoms with Gasteiger partial charge >= 0.3 is 0 Å². The number of hydrogen-bond acceptors (Lipinski definition) is 5. The van der Waals surface area contributed by atoms with Gasteiger partial charge in [-0.2, -0.15) is 0 Å².